The highest BCUT2D eigenvalue weighted by molar-refractivity contribution is 7.89. The van der Waals surface area contributed by atoms with Gasteiger partial charge in [-0.2, -0.15) is 0 Å². The fraction of sp³-hybridized carbons (Fsp3) is 0.611. The number of carbonyl (C=O) groups is 1. The van der Waals surface area contributed by atoms with Gasteiger partial charge in [-0.1, -0.05) is 43.2 Å². The maximum Gasteiger partial charge on any atom is 0.227 e. The van der Waals surface area contributed by atoms with Gasteiger partial charge in [-0.05, 0) is 25.3 Å². The highest BCUT2D eigenvalue weighted by Gasteiger charge is 2.26. The second kappa shape index (κ2) is 8.62. The summed E-state index contributed by atoms with van der Waals surface area (Å²) in [5, 5.41) is 0. The van der Waals surface area contributed by atoms with Gasteiger partial charge in [0.05, 0.1) is 12.2 Å². The van der Waals surface area contributed by atoms with Crippen molar-refractivity contribution in [1.29, 1.82) is 0 Å². The third kappa shape index (κ3) is 5.31. The lowest BCUT2D eigenvalue weighted by Gasteiger charge is -2.22. The van der Waals surface area contributed by atoms with Crippen molar-refractivity contribution in [1.82, 2.24) is 9.21 Å². The molecule has 1 aromatic carbocycles. The molecule has 1 aliphatic rings. The van der Waals surface area contributed by atoms with Crippen molar-refractivity contribution in [2.45, 2.75) is 39.5 Å². The SMILES string of the molecule is CCCCS(=O)(=O)N1CCCN(C(=O)Cc2cccc(C)c2)CC1. The second-order valence-corrected chi connectivity index (χ2v) is 8.56. The number of nitrogens with zero attached hydrogens (tertiary/aromatic N) is 2. The molecule has 0 radical (unpaired) electrons. The normalized spacial score (nSPS) is 16.8. The summed E-state index contributed by atoms with van der Waals surface area (Å²) in [6.45, 7) is 6.04. The predicted molar refractivity (Wildman–Crippen MR) is 96.3 cm³/mol. The van der Waals surface area contributed by atoms with Crippen LogP contribution in [0.2, 0.25) is 0 Å². The number of rotatable bonds is 6. The Morgan fingerprint density at radius 1 is 1.17 bits per heavy atom. The summed E-state index contributed by atoms with van der Waals surface area (Å²) in [6, 6.07) is 7.96. The quantitative estimate of drug-likeness (QED) is 0.789. The van der Waals surface area contributed by atoms with E-state index in [1.807, 2.05) is 38.1 Å². The lowest BCUT2D eigenvalue weighted by molar-refractivity contribution is -0.130. The Morgan fingerprint density at radius 2 is 1.96 bits per heavy atom. The summed E-state index contributed by atoms with van der Waals surface area (Å²) in [4.78, 5) is 14.3. The lowest BCUT2D eigenvalue weighted by Crippen LogP contribution is -2.38. The second-order valence-electron chi connectivity index (χ2n) is 6.47. The van der Waals surface area contributed by atoms with E-state index in [1.54, 1.807) is 9.21 Å². The third-order valence-corrected chi connectivity index (χ3v) is 6.35. The molecule has 0 N–H and O–H groups in total. The molecule has 1 aromatic rings. The maximum atomic E-state index is 12.5. The molecule has 0 saturated carbocycles. The lowest BCUT2D eigenvalue weighted by atomic mass is 10.1. The Hall–Kier alpha value is -1.40. The van der Waals surface area contributed by atoms with Crippen LogP contribution in [0.4, 0.5) is 0 Å². The van der Waals surface area contributed by atoms with Crippen molar-refractivity contribution in [2.24, 2.45) is 0 Å². The molecule has 0 unspecified atom stereocenters. The van der Waals surface area contributed by atoms with Crippen molar-refractivity contribution in [3.05, 3.63) is 35.4 Å². The van der Waals surface area contributed by atoms with E-state index in [-0.39, 0.29) is 11.7 Å². The van der Waals surface area contributed by atoms with Gasteiger partial charge in [-0.3, -0.25) is 4.79 Å². The summed E-state index contributed by atoms with van der Waals surface area (Å²) in [7, 11) is -3.19. The summed E-state index contributed by atoms with van der Waals surface area (Å²) in [5.41, 5.74) is 2.15. The molecule has 1 amide bonds. The third-order valence-electron chi connectivity index (χ3n) is 4.39. The summed E-state index contributed by atoms with van der Waals surface area (Å²) in [5.74, 6) is 0.286. The molecule has 1 heterocycles. The number of sulfonamides is 1. The number of benzene rings is 1. The standard InChI is InChI=1S/C18H28N2O3S/c1-3-4-13-24(22,23)20-10-6-9-19(11-12-20)18(21)15-17-8-5-7-16(2)14-17/h5,7-8,14H,3-4,6,9-13,15H2,1-2H3. The first-order chi connectivity index (χ1) is 11.4. The van der Waals surface area contributed by atoms with Gasteiger partial charge >= 0.3 is 0 Å². The average Bonchev–Trinajstić information content (AvgIpc) is 2.79. The smallest absolute Gasteiger partial charge is 0.227 e. The van der Waals surface area contributed by atoms with E-state index in [0.29, 0.717) is 45.4 Å². The number of hydrogen-bond acceptors (Lipinski definition) is 3. The number of hydrogen-bond donors (Lipinski definition) is 0. The van der Waals surface area contributed by atoms with Crippen LogP contribution in [-0.4, -0.2) is 55.5 Å². The Balaban J connectivity index is 1.94. The molecule has 24 heavy (non-hydrogen) atoms. The van der Waals surface area contributed by atoms with Crippen LogP contribution < -0.4 is 0 Å². The largest absolute Gasteiger partial charge is 0.341 e. The Labute approximate surface area is 145 Å². The molecule has 2 rings (SSSR count). The first kappa shape index (κ1) is 18.9. The van der Waals surface area contributed by atoms with Gasteiger partial charge in [0.1, 0.15) is 0 Å². The number of unbranched alkanes of at least 4 members (excludes halogenated alkanes) is 1. The van der Waals surface area contributed by atoms with Crippen LogP contribution in [0.1, 0.15) is 37.3 Å². The van der Waals surface area contributed by atoms with E-state index >= 15 is 0 Å². The fourth-order valence-corrected chi connectivity index (χ4v) is 4.66. The van der Waals surface area contributed by atoms with Gasteiger partial charge in [-0.15, -0.1) is 0 Å². The Morgan fingerprint density at radius 3 is 2.67 bits per heavy atom. The molecule has 1 aliphatic heterocycles. The van der Waals surface area contributed by atoms with E-state index < -0.39 is 10.0 Å². The van der Waals surface area contributed by atoms with Crippen LogP contribution in [0.5, 0.6) is 0 Å². The predicted octanol–water partition coefficient (Wildman–Crippen LogP) is 2.20. The molecule has 134 valence electrons. The average molecular weight is 353 g/mol. The topological polar surface area (TPSA) is 57.7 Å². The zero-order valence-corrected chi connectivity index (χ0v) is 15.5. The minimum atomic E-state index is -3.19. The molecule has 0 aromatic heterocycles. The van der Waals surface area contributed by atoms with Crippen molar-refractivity contribution in [3.63, 3.8) is 0 Å². The van der Waals surface area contributed by atoms with Gasteiger partial charge in [0.2, 0.25) is 15.9 Å². The molecule has 5 nitrogen and oxygen atoms in total. The monoisotopic (exact) mass is 352 g/mol. The van der Waals surface area contributed by atoms with Gasteiger partial charge in [-0.25, -0.2) is 12.7 Å². The van der Waals surface area contributed by atoms with Gasteiger partial charge in [0.15, 0.2) is 0 Å². The van der Waals surface area contributed by atoms with Gasteiger partial charge in [0.25, 0.3) is 0 Å². The van der Waals surface area contributed by atoms with Crippen molar-refractivity contribution >= 4 is 15.9 Å². The zero-order chi connectivity index (χ0) is 17.6. The van der Waals surface area contributed by atoms with E-state index in [1.165, 1.54) is 0 Å². The Bertz CT molecular complexity index is 658. The first-order valence-electron chi connectivity index (χ1n) is 8.73. The molecular weight excluding hydrogens is 324 g/mol. The molecule has 0 atom stereocenters. The molecule has 0 bridgehead atoms. The number of carbonyl (C=O) groups excluding carboxylic acids is 1. The highest BCUT2D eigenvalue weighted by Crippen LogP contribution is 2.12. The van der Waals surface area contributed by atoms with E-state index in [2.05, 4.69) is 0 Å². The first-order valence-corrected chi connectivity index (χ1v) is 10.3. The van der Waals surface area contributed by atoms with E-state index in [0.717, 1.165) is 17.5 Å². The molecule has 0 aliphatic carbocycles. The fourth-order valence-electron chi connectivity index (χ4n) is 2.99. The van der Waals surface area contributed by atoms with Crippen LogP contribution in [0, 0.1) is 6.92 Å². The summed E-state index contributed by atoms with van der Waals surface area (Å²) < 4.78 is 26.2. The zero-order valence-electron chi connectivity index (χ0n) is 14.7. The van der Waals surface area contributed by atoms with Crippen LogP contribution in [0.15, 0.2) is 24.3 Å². The molecule has 6 heteroatoms. The van der Waals surface area contributed by atoms with Crippen LogP contribution in [-0.2, 0) is 21.2 Å². The van der Waals surface area contributed by atoms with Crippen molar-refractivity contribution in [3.8, 4) is 0 Å². The van der Waals surface area contributed by atoms with E-state index in [9.17, 15) is 13.2 Å². The van der Waals surface area contributed by atoms with Crippen LogP contribution in [0.25, 0.3) is 0 Å². The summed E-state index contributed by atoms with van der Waals surface area (Å²) in [6.07, 6.45) is 2.64. The van der Waals surface area contributed by atoms with Crippen LogP contribution in [0.3, 0.4) is 0 Å². The minimum Gasteiger partial charge on any atom is -0.341 e. The maximum absolute atomic E-state index is 12.5. The molecular formula is C18H28N2O3S. The number of amides is 1. The van der Waals surface area contributed by atoms with E-state index in [4.69, 9.17) is 0 Å². The number of aryl methyl sites for hydroxylation is 1. The Kier molecular flexibility index (Phi) is 6.80. The van der Waals surface area contributed by atoms with Crippen molar-refractivity contribution < 1.29 is 13.2 Å². The summed E-state index contributed by atoms with van der Waals surface area (Å²) >= 11 is 0. The molecule has 1 fully saturated rings. The minimum absolute atomic E-state index is 0.0772. The molecule has 0 spiro atoms. The van der Waals surface area contributed by atoms with Gasteiger partial charge < -0.3 is 4.90 Å². The molecule has 1 saturated heterocycles. The van der Waals surface area contributed by atoms with Crippen molar-refractivity contribution in [2.75, 3.05) is 31.9 Å². The van der Waals surface area contributed by atoms with Crippen LogP contribution >= 0.6 is 0 Å². The van der Waals surface area contributed by atoms with Gasteiger partial charge in [0, 0.05) is 26.2 Å². The highest BCUT2D eigenvalue weighted by atomic mass is 32.2.